The molecule has 2 heterocycles. The van der Waals surface area contributed by atoms with Gasteiger partial charge in [0, 0.05) is 35.8 Å². The first kappa shape index (κ1) is 21.7. The van der Waals surface area contributed by atoms with Gasteiger partial charge in [-0.3, -0.25) is 9.59 Å². The maximum absolute atomic E-state index is 13.3. The molecule has 0 aliphatic carbocycles. The third kappa shape index (κ3) is 5.03. The summed E-state index contributed by atoms with van der Waals surface area (Å²) >= 11 is 6.06. The molecule has 2 amide bonds. The highest BCUT2D eigenvalue weighted by Gasteiger charge is 2.34. The summed E-state index contributed by atoms with van der Waals surface area (Å²) in [5, 5.41) is 3.49. The van der Waals surface area contributed by atoms with E-state index in [-0.39, 0.29) is 29.6 Å². The number of hydrazine groups is 1. The van der Waals surface area contributed by atoms with Crippen LogP contribution in [0, 0.1) is 11.6 Å². The molecule has 2 aromatic rings. The normalized spacial score (nSPS) is 21.8. The van der Waals surface area contributed by atoms with Gasteiger partial charge in [-0.25, -0.2) is 19.6 Å². The van der Waals surface area contributed by atoms with Gasteiger partial charge in [0.1, 0.15) is 6.04 Å². The lowest BCUT2D eigenvalue weighted by Crippen LogP contribution is -2.51. The van der Waals surface area contributed by atoms with Crippen LogP contribution in [-0.4, -0.2) is 41.9 Å². The molecule has 164 valence electrons. The molecule has 31 heavy (non-hydrogen) atoms. The van der Waals surface area contributed by atoms with Gasteiger partial charge in [-0.15, -0.1) is 0 Å². The number of nitrogens with one attached hydrogen (secondary N) is 3. The van der Waals surface area contributed by atoms with Gasteiger partial charge in [-0.1, -0.05) is 23.7 Å². The molecule has 0 bridgehead atoms. The van der Waals surface area contributed by atoms with Crippen molar-refractivity contribution >= 4 is 23.4 Å². The van der Waals surface area contributed by atoms with Crippen LogP contribution in [0.4, 0.5) is 8.78 Å². The number of likely N-dealkylation sites (tertiary alicyclic amines) is 1. The molecule has 2 aliphatic rings. The molecule has 2 unspecified atom stereocenters. The largest absolute Gasteiger partial charge is 0.349 e. The van der Waals surface area contributed by atoms with E-state index in [9.17, 15) is 18.4 Å². The number of carbonyl (C=O) groups excluding carboxylic acids is 2. The standard InChI is InChI=1S/C22H23ClF2N4O2/c23-15-3-1-2-13(10-15)19-12-20(28-27-19)22(31)29-8-6-16(7-9-29)26-21(30)14-4-5-17(24)18(25)11-14/h1-5,10-11,16,19-20,27-28H,6-9,12H2,(H,26,30). The Labute approximate surface area is 183 Å². The third-order valence-electron chi connectivity index (χ3n) is 5.78. The summed E-state index contributed by atoms with van der Waals surface area (Å²) in [7, 11) is 0. The fourth-order valence-corrected chi connectivity index (χ4v) is 4.23. The second kappa shape index (κ2) is 9.30. The number of piperidine rings is 1. The zero-order valence-electron chi connectivity index (χ0n) is 16.7. The van der Waals surface area contributed by atoms with Crippen LogP contribution in [0.1, 0.15) is 41.2 Å². The first-order valence-electron chi connectivity index (χ1n) is 10.2. The molecule has 2 aliphatic heterocycles. The maximum atomic E-state index is 13.3. The average molecular weight is 449 g/mol. The van der Waals surface area contributed by atoms with E-state index < -0.39 is 17.5 Å². The predicted octanol–water partition coefficient (Wildman–Crippen LogP) is 2.95. The number of rotatable bonds is 4. The number of amides is 2. The van der Waals surface area contributed by atoms with Crippen molar-refractivity contribution in [3.8, 4) is 0 Å². The minimum atomic E-state index is -1.05. The SMILES string of the molecule is O=C(NC1CCN(C(=O)C2CC(c3cccc(Cl)c3)NN2)CC1)c1ccc(F)c(F)c1. The molecule has 0 aromatic heterocycles. The third-order valence-corrected chi connectivity index (χ3v) is 6.01. The van der Waals surface area contributed by atoms with E-state index in [2.05, 4.69) is 16.2 Å². The quantitative estimate of drug-likeness (QED) is 0.672. The number of hydrogen-bond donors (Lipinski definition) is 3. The molecule has 2 saturated heterocycles. The Morgan fingerprint density at radius 1 is 1.03 bits per heavy atom. The van der Waals surface area contributed by atoms with E-state index in [0.717, 1.165) is 17.7 Å². The maximum Gasteiger partial charge on any atom is 0.251 e. The minimum absolute atomic E-state index is 0.000539. The van der Waals surface area contributed by atoms with Gasteiger partial charge < -0.3 is 10.2 Å². The Hall–Kier alpha value is -2.55. The monoisotopic (exact) mass is 448 g/mol. The molecule has 3 N–H and O–H groups in total. The summed E-state index contributed by atoms with van der Waals surface area (Å²) in [6.07, 6.45) is 1.81. The van der Waals surface area contributed by atoms with Crippen molar-refractivity contribution in [1.29, 1.82) is 0 Å². The van der Waals surface area contributed by atoms with E-state index in [4.69, 9.17) is 11.6 Å². The Balaban J connectivity index is 1.27. The van der Waals surface area contributed by atoms with Crippen LogP contribution < -0.4 is 16.2 Å². The zero-order valence-corrected chi connectivity index (χ0v) is 17.5. The van der Waals surface area contributed by atoms with Gasteiger partial charge in [-0.05, 0) is 55.2 Å². The lowest BCUT2D eigenvalue weighted by atomic mass is 9.99. The van der Waals surface area contributed by atoms with Crippen LogP contribution in [0.5, 0.6) is 0 Å². The van der Waals surface area contributed by atoms with Gasteiger partial charge in [0.2, 0.25) is 5.91 Å². The fraction of sp³-hybridized carbons (Fsp3) is 0.364. The number of halogens is 3. The molecule has 9 heteroatoms. The van der Waals surface area contributed by atoms with E-state index in [1.165, 1.54) is 6.07 Å². The summed E-state index contributed by atoms with van der Waals surface area (Å²) in [6, 6.07) is 10.2. The van der Waals surface area contributed by atoms with Crippen molar-refractivity contribution in [3.05, 3.63) is 70.2 Å². The van der Waals surface area contributed by atoms with Crippen molar-refractivity contribution in [2.45, 2.75) is 37.4 Å². The molecule has 2 atom stereocenters. The van der Waals surface area contributed by atoms with Crippen molar-refractivity contribution in [3.63, 3.8) is 0 Å². The Bertz CT molecular complexity index is 982. The Morgan fingerprint density at radius 2 is 1.81 bits per heavy atom. The van der Waals surface area contributed by atoms with Crippen molar-refractivity contribution in [2.24, 2.45) is 0 Å². The predicted molar refractivity (Wildman–Crippen MR) is 112 cm³/mol. The molecule has 0 spiro atoms. The van der Waals surface area contributed by atoms with E-state index >= 15 is 0 Å². The number of benzene rings is 2. The van der Waals surface area contributed by atoms with Gasteiger partial charge in [0.05, 0.1) is 0 Å². The molecular weight excluding hydrogens is 426 g/mol. The highest BCUT2D eigenvalue weighted by Crippen LogP contribution is 2.26. The lowest BCUT2D eigenvalue weighted by molar-refractivity contribution is -0.134. The smallest absolute Gasteiger partial charge is 0.251 e. The highest BCUT2D eigenvalue weighted by atomic mass is 35.5. The average Bonchev–Trinajstić information content (AvgIpc) is 3.26. The fourth-order valence-electron chi connectivity index (χ4n) is 4.03. The topological polar surface area (TPSA) is 73.5 Å². The highest BCUT2D eigenvalue weighted by molar-refractivity contribution is 6.30. The van der Waals surface area contributed by atoms with Gasteiger partial charge in [0.15, 0.2) is 11.6 Å². The Morgan fingerprint density at radius 3 is 2.52 bits per heavy atom. The van der Waals surface area contributed by atoms with Crippen LogP contribution in [0.2, 0.25) is 5.02 Å². The molecule has 0 saturated carbocycles. The number of carbonyl (C=O) groups is 2. The van der Waals surface area contributed by atoms with E-state index in [0.29, 0.717) is 37.4 Å². The molecule has 2 fully saturated rings. The van der Waals surface area contributed by atoms with Crippen LogP contribution in [-0.2, 0) is 4.79 Å². The Kier molecular flexibility index (Phi) is 6.50. The van der Waals surface area contributed by atoms with E-state index in [1.807, 2.05) is 24.3 Å². The van der Waals surface area contributed by atoms with Crippen LogP contribution in [0.25, 0.3) is 0 Å². The number of hydrogen-bond acceptors (Lipinski definition) is 4. The van der Waals surface area contributed by atoms with Crippen LogP contribution >= 0.6 is 11.6 Å². The summed E-state index contributed by atoms with van der Waals surface area (Å²) in [6.45, 7) is 1.03. The summed E-state index contributed by atoms with van der Waals surface area (Å²) in [4.78, 5) is 27.0. The lowest BCUT2D eigenvalue weighted by Gasteiger charge is -2.33. The number of nitrogens with zero attached hydrogens (tertiary/aromatic N) is 1. The zero-order chi connectivity index (χ0) is 22.0. The first-order valence-corrected chi connectivity index (χ1v) is 10.6. The molecule has 6 nitrogen and oxygen atoms in total. The molecule has 0 radical (unpaired) electrons. The summed E-state index contributed by atoms with van der Waals surface area (Å²) in [5.41, 5.74) is 7.33. The van der Waals surface area contributed by atoms with E-state index in [1.54, 1.807) is 4.90 Å². The van der Waals surface area contributed by atoms with Gasteiger partial charge in [-0.2, -0.15) is 0 Å². The molecule has 4 rings (SSSR count). The van der Waals surface area contributed by atoms with Gasteiger partial charge in [0.25, 0.3) is 5.91 Å². The second-order valence-electron chi connectivity index (χ2n) is 7.89. The summed E-state index contributed by atoms with van der Waals surface area (Å²) in [5.74, 6) is -2.48. The van der Waals surface area contributed by atoms with Crippen LogP contribution in [0.15, 0.2) is 42.5 Å². The van der Waals surface area contributed by atoms with Crippen LogP contribution in [0.3, 0.4) is 0 Å². The second-order valence-corrected chi connectivity index (χ2v) is 8.32. The van der Waals surface area contributed by atoms with Gasteiger partial charge >= 0.3 is 0 Å². The molecule has 2 aromatic carbocycles. The minimum Gasteiger partial charge on any atom is -0.349 e. The summed E-state index contributed by atoms with van der Waals surface area (Å²) < 4.78 is 26.4. The van der Waals surface area contributed by atoms with Crippen molar-refractivity contribution in [1.82, 2.24) is 21.1 Å². The molecular formula is C22H23ClF2N4O2. The van der Waals surface area contributed by atoms with Crippen molar-refractivity contribution in [2.75, 3.05) is 13.1 Å². The first-order chi connectivity index (χ1) is 14.9. The van der Waals surface area contributed by atoms with Crippen molar-refractivity contribution < 1.29 is 18.4 Å².